The van der Waals surface area contributed by atoms with Crippen LogP contribution < -0.4 is 10.1 Å². The Hall–Kier alpha value is -3.33. The molecule has 3 rings (SSSR count). The average Bonchev–Trinajstić information content (AvgIpc) is 3.29. The second-order valence-electron chi connectivity index (χ2n) is 7.25. The zero-order chi connectivity index (χ0) is 22.7. The number of benzene rings is 1. The smallest absolute Gasteiger partial charge is 0.305 e. The van der Waals surface area contributed by atoms with Crippen LogP contribution in [0.15, 0.2) is 24.4 Å². The van der Waals surface area contributed by atoms with Crippen LogP contribution in [0.4, 0.5) is 5.69 Å². The molecule has 0 spiro atoms. The number of carbonyl (C=O) groups excluding carboxylic acids is 1. The standard InChI is InChI=1S/C21H24ClN5O4/c1-12-9-16(10-13(2)19(12)22)31-11-27-15(4)20(14(3)24-27)23-21(30)17-5-7-26(25-17)8-6-18(28)29/h5,7,9-10H,6,8,11H2,1-4H3,(H,23,30)(H,28,29). The van der Waals surface area contributed by atoms with Gasteiger partial charge in [-0.1, -0.05) is 11.6 Å². The van der Waals surface area contributed by atoms with Crippen molar-refractivity contribution in [2.24, 2.45) is 0 Å². The zero-order valence-corrected chi connectivity index (χ0v) is 18.5. The summed E-state index contributed by atoms with van der Waals surface area (Å²) in [5.74, 6) is -0.638. The second kappa shape index (κ2) is 9.22. The van der Waals surface area contributed by atoms with Gasteiger partial charge in [-0.25, -0.2) is 4.68 Å². The molecule has 0 aliphatic rings. The van der Waals surface area contributed by atoms with Gasteiger partial charge in [-0.15, -0.1) is 0 Å². The van der Waals surface area contributed by atoms with Crippen LogP contribution in [0.1, 0.15) is 39.4 Å². The third-order valence-electron chi connectivity index (χ3n) is 4.81. The minimum absolute atomic E-state index is 0.0691. The average molecular weight is 446 g/mol. The number of aliphatic carboxylic acids is 1. The Morgan fingerprint density at radius 1 is 1.16 bits per heavy atom. The van der Waals surface area contributed by atoms with Gasteiger partial charge in [0.05, 0.1) is 30.0 Å². The Morgan fingerprint density at radius 2 is 1.84 bits per heavy atom. The van der Waals surface area contributed by atoms with E-state index in [1.54, 1.807) is 23.9 Å². The van der Waals surface area contributed by atoms with Crippen molar-refractivity contribution in [3.63, 3.8) is 0 Å². The fourth-order valence-corrected chi connectivity index (χ4v) is 3.23. The summed E-state index contributed by atoms with van der Waals surface area (Å²) in [7, 11) is 0. The number of ether oxygens (including phenoxy) is 1. The van der Waals surface area contributed by atoms with Crippen molar-refractivity contribution in [3.05, 3.63) is 57.6 Å². The molecule has 0 unspecified atom stereocenters. The number of aromatic nitrogens is 4. The number of hydrogen-bond donors (Lipinski definition) is 2. The molecule has 0 bridgehead atoms. The molecule has 2 heterocycles. The predicted octanol–water partition coefficient (Wildman–Crippen LogP) is 3.73. The molecule has 0 aliphatic carbocycles. The maximum Gasteiger partial charge on any atom is 0.305 e. The van der Waals surface area contributed by atoms with Gasteiger partial charge in [-0.3, -0.25) is 14.3 Å². The maximum absolute atomic E-state index is 12.6. The summed E-state index contributed by atoms with van der Waals surface area (Å²) in [6.07, 6.45) is 1.51. The van der Waals surface area contributed by atoms with E-state index in [4.69, 9.17) is 21.4 Å². The van der Waals surface area contributed by atoms with E-state index in [1.165, 1.54) is 4.68 Å². The molecule has 164 valence electrons. The van der Waals surface area contributed by atoms with E-state index in [2.05, 4.69) is 15.5 Å². The molecule has 10 heteroatoms. The largest absolute Gasteiger partial charge is 0.481 e. The summed E-state index contributed by atoms with van der Waals surface area (Å²) < 4.78 is 8.95. The Labute approximate surface area is 184 Å². The molecule has 2 N–H and O–H groups in total. The zero-order valence-electron chi connectivity index (χ0n) is 17.8. The number of aryl methyl sites for hydroxylation is 4. The first-order valence-electron chi connectivity index (χ1n) is 9.66. The van der Waals surface area contributed by atoms with Crippen molar-refractivity contribution in [3.8, 4) is 5.75 Å². The number of carboxylic acid groups (broad SMARTS) is 1. The van der Waals surface area contributed by atoms with Gasteiger partial charge in [0, 0.05) is 11.2 Å². The van der Waals surface area contributed by atoms with Gasteiger partial charge >= 0.3 is 5.97 Å². The Morgan fingerprint density at radius 3 is 2.48 bits per heavy atom. The fourth-order valence-electron chi connectivity index (χ4n) is 3.12. The van der Waals surface area contributed by atoms with Gasteiger partial charge in [-0.05, 0) is 57.0 Å². The van der Waals surface area contributed by atoms with Crippen LogP contribution in [-0.2, 0) is 18.1 Å². The van der Waals surface area contributed by atoms with E-state index >= 15 is 0 Å². The number of rotatable bonds is 8. The summed E-state index contributed by atoms with van der Waals surface area (Å²) in [6, 6.07) is 5.27. The molecular formula is C21H24ClN5O4. The first kappa shape index (κ1) is 22.4. The minimum Gasteiger partial charge on any atom is -0.481 e. The highest BCUT2D eigenvalue weighted by molar-refractivity contribution is 6.32. The van der Waals surface area contributed by atoms with Crippen LogP contribution in [0.25, 0.3) is 0 Å². The lowest BCUT2D eigenvalue weighted by Gasteiger charge is -2.11. The quantitative estimate of drug-likeness (QED) is 0.546. The molecular weight excluding hydrogens is 422 g/mol. The SMILES string of the molecule is Cc1cc(OCn2nc(C)c(NC(=O)c3ccn(CCC(=O)O)n3)c2C)cc(C)c1Cl. The van der Waals surface area contributed by atoms with Gasteiger partial charge in [0.2, 0.25) is 0 Å². The number of nitrogens with one attached hydrogen (secondary N) is 1. The molecule has 0 atom stereocenters. The lowest BCUT2D eigenvalue weighted by molar-refractivity contribution is -0.137. The maximum atomic E-state index is 12.6. The number of nitrogens with zero attached hydrogens (tertiary/aromatic N) is 4. The molecule has 9 nitrogen and oxygen atoms in total. The summed E-state index contributed by atoms with van der Waals surface area (Å²) in [6.45, 7) is 7.83. The number of halogens is 1. The van der Waals surface area contributed by atoms with Crippen molar-refractivity contribution in [2.45, 2.75) is 47.4 Å². The summed E-state index contributed by atoms with van der Waals surface area (Å²) in [4.78, 5) is 23.3. The van der Waals surface area contributed by atoms with Crippen LogP contribution in [0.5, 0.6) is 5.75 Å². The fraction of sp³-hybridized carbons (Fsp3) is 0.333. The first-order valence-corrected chi connectivity index (χ1v) is 10.0. The lowest BCUT2D eigenvalue weighted by Crippen LogP contribution is -2.15. The molecule has 31 heavy (non-hydrogen) atoms. The Balaban J connectivity index is 1.68. The van der Waals surface area contributed by atoms with Gasteiger partial charge in [0.25, 0.3) is 5.91 Å². The van der Waals surface area contributed by atoms with Gasteiger partial charge in [0.15, 0.2) is 12.4 Å². The highest BCUT2D eigenvalue weighted by atomic mass is 35.5. The molecule has 2 aromatic heterocycles. The number of carboxylic acids is 1. The predicted molar refractivity (Wildman–Crippen MR) is 116 cm³/mol. The highest BCUT2D eigenvalue weighted by Crippen LogP contribution is 2.26. The van der Waals surface area contributed by atoms with Crippen molar-refractivity contribution in [1.82, 2.24) is 19.6 Å². The number of hydrogen-bond acceptors (Lipinski definition) is 5. The molecule has 0 aliphatic heterocycles. The minimum atomic E-state index is -0.925. The molecule has 0 radical (unpaired) electrons. The lowest BCUT2D eigenvalue weighted by atomic mass is 10.1. The van der Waals surface area contributed by atoms with E-state index in [0.29, 0.717) is 22.2 Å². The van der Waals surface area contributed by atoms with Crippen molar-refractivity contribution >= 4 is 29.2 Å². The highest BCUT2D eigenvalue weighted by Gasteiger charge is 2.17. The number of anilines is 1. The molecule has 3 aromatic rings. The van der Waals surface area contributed by atoms with E-state index in [-0.39, 0.29) is 25.4 Å². The molecule has 0 saturated carbocycles. The topological polar surface area (TPSA) is 111 Å². The van der Waals surface area contributed by atoms with Crippen LogP contribution in [0.3, 0.4) is 0 Å². The Bertz CT molecular complexity index is 1110. The van der Waals surface area contributed by atoms with E-state index in [9.17, 15) is 9.59 Å². The number of amides is 1. The molecule has 0 fully saturated rings. The van der Waals surface area contributed by atoms with Gasteiger partial charge in [-0.2, -0.15) is 10.2 Å². The molecule has 1 amide bonds. The second-order valence-corrected chi connectivity index (χ2v) is 7.63. The van der Waals surface area contributed by atoms with Gasteiger partial charge in [0.1, 0.15) is 5.75 Å². The Kier molecular flexibility index (Phi) is 6.65. The normalized spacial score (nSPS) is 10.9. The van der Waals surface area contributed by atoms with E-state index < -0.39 is 11.9 Å². The van der Waals surface area contributed by atoms with Crippen molar-refractivity contribution in [1.29, 1.82) is 0 Å². The molecule has 1 aromatic carbocycles. The van der Waals surface area contributed by atoms with Gasteiger partial charge < -0.3 is 15.2 Å². The third kappa shape index (κ3) is 5.24. The van der Waals surface area contributed by atoms with E-state index in [0.717, 1.165) is 16.8 Å². The first-order chi connectivity index (χ1) is 14.7. The van der Waals surface area contributed by atoms with Crippen LogP contribution in [0.2, 0.25) is 5.02 Å². The number of carbonyl (C=O) groups is 2. The van der Waals surface area contributed by atoms with Crippen LogP contribution >= 0.6 is 11.6 Å². The summed E-state index contributed by atoms with van der Waals surface area (Å²) >= 11 is 6.20. The van der Waals surface area contributed by atoms with Crippen molar-refractivity contribution < 1.29 is 19.4 Å². The van der Waals surface area contributed by atoms with Crippen LogP contribution in [0, 0.1) is 27.7 Å². The summed E-state index contributed by atoms with van der Waals surface area (Å²) in [5, 5.41) is 20.9. The third-order valence-corrected chi connectivity index (χ3v) is 5.41. The monoisotopic (exact) mass is 445 g/mol. The molecule has 0 saturated heterocycles. The van der Waals surface area contributed by atoms with Crippen LogP contribution in [-0.4, -0.2) is 36.5 Å². The van der Waals surface area contributed by atoms with Crippen molar-refractivity contribution in [2.75, 3.05) is 5.32 Å². The summed E-state index contributed by atoms with van der Waals surface area (Å²) in [5.41, 5.74) is 4.01. The van der Waals surface area contributed by atoms with E-state index in [1.807, 2.05) is 32.9 Å².